The molecule has 0 spiro atoms. The summed E-state index contributed by atoms with van der Waals surface area (Å²) in [6.45, 7) is 0. The van der Waals surface area contributed by atoms with Gasteiger partial charge in [-0.2, -0.15) is 5.26 Å². The second-order valence-corrected chi connectivity index (χ2v) is 3.80. The van der Waals surface area contributed by atoms with E-state index in [1.807, 2.05) is 0 Å². The van der Waals surface area contributed by atoms with E-state index in [1.165, 1.54) is 24.4 Å². The lowest BCUT2D eigenvalue weighted by molar-refractivity contribution is 0.102. The maximum absolute atomic E-state index is 13.4. The Morgan fingerprint density at radius 1 is 1.35 bits per heavy atom. The highest BCUT2D eigenvalue weighted by Crippen LogP contribution is 2.18. The molecule has 0 aliphatic rings. The van der Waals surface area contributed by atoms with Crippen molar-refractivity contribution in [2.75, 3.05) is 10.7 Å². The number of nitrogens with two attached hydrogens (primary N) is 1. The topological polar surface area (TPSA) is 104 Å². The fourth-order valence-electron chi connectivity index (χ4n) is 1.54. The van der Waals surface area contributed by atoms with Gasteiger partial charge in [-0.05, 0) is 24.3 Å². The van der Waals surface area contributed by atoms with Crippen molar-refractivity contribution in [1.29, 1.82) is 5.26 Å². The Bertz CT molecular complexity index is 678. The van der Waals surface area contributed by atoms with Crippen molar-refractivity contribution in [2.24, 2.45) is 5.84 Å². The molecular formula is C13H10FN5O. The summed E-state index contributed by atoms with van der Waals surface area (Å²) in [5.41, 5.74) is 2.93. The number of hydrazine groups is 1. The molecular weight excluding hydrogens is 261 g/mol. The molecule has 4 N–H and O–H groups in total. The minimum absolute atomic E-state index is 0.0975. The van der Waals surface area contributed by atoms with E-state index in [-0.39, 0.29) is 16.9 Å². The van der Waals surface area contributed by atoms with Gasteiger partial charge < -0.3 is 10.7 Å². The van der Waals surface area contributed by atoms with Crippen molar-refractivity contribution in [1.82, 2.24) is 4.98 Å². The van der Waals surface area contributed by atoms with Crippen molar-refractivity contribution in [2.45, 2.75) is 0 Å². The third-order valence-electron chi connectivity index (χ3n) is 2.54. The number of hydrogen-bond acceptors (Lipinski definition) is 5. The Hall–Kier alpha value is -2.98. The number of nitriles is 1. The minimum Gasteiger partial charge on any atom is -0.323 e. The number of nitrogens with one attached hydrogen (secondary N) is 2. The largest absolute Gasteiger partial charge is 0.323 e. The van der Waals surface area contributed by atoms with Crippen molar-refractivity contribution < 1.29 is 9.18 Å². The number of halogens is 1. The van der Waals surface area contributed by atoms with Crippen LogP contribution < -0.4 is 16.6 Å². The fourth-order valence-corrected chi connectivity index (χ4v) is 1.54. The first-order valence-corrected chi connectivity index (χ1v) is 5.58. The molecule has 1 aromatic heterocycles. The summed E-state index contributed by atoms with van der Waals surface area (Å²) in [6.07, 6.45) is 1.38. The molecule has 1 amide bonds. The van der Waals surface area contributed by atoms with E-state index in [0.29, 0.717) is 5.69 Å². The highest BCUT2D eigenvalue weighted by Gasteiger charge is 2.12. The van der Waals surface area contributed by atoms with Crippen molar-refractivity contribution >= 4 is 17.3 Å². The lowest BCUT2D eigenvalue weighted by atomic mass is 10.2. The summed E-state index contributed by atoms with van der Waals surface area (Å²) >= 11 is 0. The van der Waals surface area contributed by atoms with E-state index < -0.39 is 11.7 Å². The lowest BCUT2D eigenvalue weighted by Gasteiger charge is -2.07. The van der Waals surface area contributed by atoms with Crippen LogP contribution in [0.4, 0.5) is 15.8 Å². The maximum Gasteiger partial charge on any atom is 0.274 e. The van der Waals surface area contributed by atoms with E-state index >= 15 is 0 Å². The predicted molar refractivity (Wildman–Crippen MR) is 71.1 cm³/mol. The van der Waals surface area contributed by atoms with Gasteiger partial charge in [0.05, 0.1) is 17.6 Å². The zero-order valence-electron chi connectivity index (χ0n) is 10.2. The number of aromatic nitrogens is 1. The third kappa shape index (κ3) is 2.71. The van der Waals surface area contributed by atoms with Crippen LogP contribution in [0.1, 0.15) is 16.1 Å². The van der Waals surface area contributed by atoms with E-state index in [1.54, 1.807) is 12.1 Å². The second kappa shape index (κ2) is 5.77. The molecule has 2 aromatic rings. The Morgan fingerprint density at radius 3 is 2.75 bits per heavy atom. The van der Waals surface area contributed by atoms with Gasteiger partial charge in [-0.15, -0.1) is 0 Å². The molecule has 0 aliphatic heterocycles. The molecule has 0 fully saturated rings. The zero-order valence-corrected chi connectivity index (χ0v) is 10.2. The van der Waals surface area contributed by atoms with Crippen LogP contribution in [0.2, 0.25) is 0 Å². The molecule has 1 heterocycles. The number of hydrogen-bond donors (Lipinski definition) is 3. The first-order chi connectivity index (χ1) is 9.65. The monoisotopic (exact) mass is 271 g/mol. The quantitative estimate of drug-likeness (QED) is 0.581. The van der Waals surface area contributed by atoms with Crippen LogP contribution >= 0.6 is 0 Å². The van der Waals surface area contributed by atoms with Gasteiger partial charge in [0.25, 0.3) is 5.91 Å². The lowest BCUT2D eigenvalue weighted by Crippen LogP contribution is -2.15. The number of rotatable bonds is 3. The predicted octanol–water partition coefficient (Wildman–Crippen LogP) is 1.63. The van der Waals surface area contributed by atoms with Crippen molar-refractivity contribution in [3.05, 3.63) is 53.6 Å². The van der Waals surface area contributed by atoms with Crippen LogP contribution in [0, 0.1) is 17.1 Å². The number of nitrogen functional groups attached to an aromatic ring is 1. The van der Waals surface area contributed by atoms with Crippen LogP contribution in [-0.4, -0.2) is 10.9 Å². The first kappa shape index (κ1) is 13.5. The molecule has 0 atom stereocenters. The molecule has 0 aliphatic carbocycles. The van der Waals surface area contributed by atoms with Gasteiger partial charge in [0.2, 0.25) is 0 Å². The summed E-state index contributed by atoms with van der Waals surface area (Å²) in [6, 6.07) is 8.71. The number of pyridine rings is 1. The van der Waals surface area contributed by atoms with E-state index in [4.69, 9.17) is 11.1 Å². The summed E-state index contributed by atoms with van der Waals surface area (Å²) < 4.78 is 13.4. The minimum atomic E-state index is -0.694. The molecule has 20 heavy (non-hydrogen) atoms. The molecule has 7 heteroatoms. The van der Waals surface area contributed by atoms with E-state index in [0.717, 1.165) is 6.07 Å². The first-order valence-electron chi connectivity index (χ1n) is 5.58. The number of nitrogens with zero attached hydrogens (tertiary/aromatic N) is 2. The Balaban J connectivity index is 2.23. The standard InChI is InChI=1S/C13H10FN5O/c14-10-2-1-3-11(9(10)6-15)18-13(20)12-5-4-8(19-16)7-17-12/h1-5,7,19H,16H2,(H,18,20). The van der Waals surface area contributed by atoms with Gasteiger partial charge >= 0.3 is 0 Å². The van der Waals surface area contributed by atoms with Gasteiger partial charge in [-0.25, -0.2) is 9.37 Å². The second-order valence-electron chi connectivity index (χ2n) is 3.80. The van der Waals surface area contributed by atoms with Gasteiger partial charge in [0.15, 0.2) is 0 Å². The smallest absolute Gasteiger partial charge is 0.274 e. The molecule has 0 unspecified atom stereocenters. The van der Waals surface area contributed by atoms with E-state index in [2.05, 4.69) is 15.7 Å². The number of benzene rings is 1. The average Bonchev–Trinajstić information content (AvgIpc) is 2.47. The average molecular weight is 271 g/mol. The normalized spacial score (nSPS) is 9.65. The molecule has 0 saturated heterocycles. The summed E-state index contributed by atoms with van der Waals surface area (Å²) in [7, 11) is 0. The van der Waals surface area contributed by atoms with Gasteiger partial charge in [-0.1, -0.05) is 6.07 Å². The molecule has 1 aromatic carbocycles. The Labute approximate surface area is 114 Å². The zero-order chi connectivity index (χ0) is 14.5. The number of carbonyl (C=O) groups excluding carboxylic acids is 1. The Kier molecular flexibility index (Phi) is 3.88. The van der Waals surface area contributed by atoms with Crippen LogP contribution in [0.3, 0.4) is 0 Å². The molecule has 2 rings (SSSR count). The van der Waals surface area contributed by atoms with Crippen LogP contribution in [0.15, 0.2) is 36.5 Å². The number of anilines is 2. The summed E-state index contributed by atoms with van der Waals surface area (Å²) in [4.78, 5) is 15.8. The van der Waals surface area contributed by atoms with Crippen LogP contribution in [0.25, 0.3) is 0 Å². The molecule has 0 saturated carbocycles. The van der Waals surface area contributed by atoms with Gasteiger partial charge in [0, 0.05) is 0 Å². The van der Waals surface area contributed by atoms with Crippen LogP contribution in [0.5, 0.6) is 0 Å². The van der Waals surface area contributed by atoms with Crippen molar-refractivity contribution in [3.63, 3.8) is 0 Å². The number of amides is 1. The highest BCUT2D eigenvalue weighted by atomic mass is 19.1. The molecule has 100 valence electrons. The van der Waals surface area contributed by atoms with Crippen molar-refractivity contribution in [3.8, 4) is 6.07 Å². The van der Waals surface area contributed by atoms with E-state index in [9.17, 15) is 9.18 Å². The fraction of sp³-hybridized carbons (Fsp3) is 0. The molecule has 6 nitrogen and oxygen atoms in total. The number of carbonyl (C=O) groups is 1. The molecule has 0 radical (unpaired) electrons. The summed E-state index contributed by atoms with van der Waals surface area (Å²) in [5.74, 6) is 3.95. The maximum atomic E-state index is 13.4. The SMILES string of the molecule is N#Cc1c(F)cccc1NC(=O)c1ccc(NN)cn1. The molecule has 0 bridgehead atoms. The van der Waals surface area contributed by atoms with Gasteiger partial charge in [0.1, 0.15) is 23.1 Å². The highest BCUT2D eigenvalue weighted by molar-refractivity contribution is 6.03. The summed E-state index contributed by atoms with van der Waals surface area (Å²) in [5, 5.41) is 11.3. The third-order valence-corrected chi connectivity index (χ3v) is 2.54. The Morgan fingerprint density at radius 2 is 2.15 bits per heavy atom. The van der Waals surface area contributed by atoms with Crippen LogP contribution in [-0.2, 0) is 0 Å². The van der Waals surface area contributed by atoms with Gasteiger partial charge in [-0.3, -0.25) is 10.6 Å².